The first-order valence-electron chi connectivity index (χ1n) is 5.12. The van der Waals surface area contributed by atoms with E-state index >= 15 is 0 Å². The highest BCUT2D eigenvalue weighted by Crippen LogP contribution is 2.39. The van der Waals surface area contributed by atoms with Gasteiger partial charge in [0.05, 0.1) is 5.57 Å². The second kappa shape index (κ2) is 4.16. The summed E-state index contributed by atoms with van der Waals surface area (Å²) in [6.45, 7) is 0. The molecule has 0 heterocycles. The van der Waals surface area contributed by atoms with Crippen molar-refractivity contribution >= 4 is 5.57 Å². The third-order valence-corrected chi connectivity index (χ3v) is 2.54. The standard InChI is InChI=1S/C13H11F3/c14-13(15,16)12-9-5-4-8-11(12)10-6-2-1-3-7-10/h1-3,6-9H,4-5H2. The van der Waals surface area contributed by atoms with Crippen LogP contribution in [0.15, 0.2) is 48.1 Å². The summed E-state index contributed by atoms with van der Waals surface area (Å²) in [5.74, 6) is 0. The predicted octanol–water partition coefficient (Wildman–Crippen LogP) is 4.35. The molecule has 0 unspecified atom stereocenters. The first-order chi connectivity index (χ1) is 7.59. The molecule has 1 aromatic rings. The highest BCUT2D eigenvalue weighted by molar-refractivity contribution is 5.81. The van der Waals surface area contributed by atoms with Crippen LogP contribution in [0.2, 0.25) is 0 Å². The average Bonchev–Trinajstić information content (AvgIpc) is 2.29. The van der Waals surface area contributed by atoms with Crippen LogP contribution < -0.4 is 0 Å². The van der Waals surface area contributed by atoms with Gasteiger partial charge in [0.1, 0.15) is 0 Å². The Morgan fingerprint density at radius 2 is 1.50 bits per heavy atom. The molecular formula is C13H11F3. The number of hydrogen-bond acceptors (Lipinski definition) is 0. The third kappa shape index (κ3) is 2.18. The lowest BCUT2D eigenvalue weighted by atomic mass is 9.91. The Balaban J connectivity index is 2.41. The van der Waals surface area contributed by atoms with Gasteiger partial charge in [0.15, 0.2) is 0 Å². The SMILES string of the molecule is FC(F)(F)C1=CCCC=C1c1ccccc1. The van der Waals surface area contributed by atoms with Crippen molar-refractivity contribution in [2.75, 3.05) is 0 Å². The summed E-state index contributed by atoms with van der Waals surface area (Å²) in [5, 5.41) is 0. The smallest absolute Gasteiger partial charge is 0.166 e. The molecule has 0 N–H and O–H groups in total. The minimum absolute atomic E-state index is 0.305. The van der Waals surface area contributed by atoms with E-state index in [4.69, 9.17) is 0 Å². The monoisotopic (exact) mass is 224 g/mol. The molecule has 0 saturated carbocycles. The van der Waals surface area contributed by atoms with E-state index < -0.39 is 11.7 Å². The van der Waals surface area contributed by atoms with Gasteiger partial charge in [-0.15, -0.1) is 0 Å². The zero-order chi connectivity index (χ0) is 11.6. The van der Waals surface area contributed by atoms with Crippen LogP contribution in [0.5, 0.6) is 0 Å². The molecule has 0 nitrogen and oxygen atoms in total. The number of benzene rings is 1. The molecule has 0 radical (unpaired) electrons. The van der Waals surface area contributed by atoms with Crippen molar-refractivity contribution in [3.63, 3.8) is 0 Å². The first-order valence-corrected chi connectivity index (χ1v) is 5.12. The van der Waals surface area contributed by atoms with E-state index in [2.05, 4.69) is 0 Å². The van der Waals surface area contributed by atoms with Crippen molar-refractivity contribution in [1.82, 2.24) is 0 Å². The second-order valence-corrected chi connectivity index (χ2v) is 3.68. The normalized spacial score (nSPS) is 16.7. The number of hydrogen-bond donors (Lipinski definition) is 0. The van der Waals surface area contributed by atoms with Crippen molar-refractivity contribution in [3.05, 3.63) is 53.6 Å². The molecule has 3 heteroatoms. The Hall–Kier alpha value is -1.51. The summed E-state index contributed by atoms with van der Waals surface area (Å²) in [5.41, 5.74) is 0.426. The molecule has 0 fully saturated rings. The van der Waals surface area contributed by atoms with Gasteiger partial charge in [-0.1, -0.05) is 42.5 Å². The highest BCUT2D eigenvalue weighted by Gasteiger charge is 2.36. The van der Waals surface area contributed by atoms with Crippen LogP contribution in [0.25, 0.3) is 5.57 Å². The molecule has 1 aliphatic rings. The zero-order valence-corrected chi connectivity index (χ0v) is 8.59. The van der Waals surface area contributed by atoms with Gasteiger partial charge in [0, 0.05) is 0 Å². The van der Waals surface area contributed by atoms with E-state index in [9.17, 15) is 13.2 Å². The predicted molar refractivity (Wildman–Crippen MR) is 57.8 cm³/mol. The first kappa shape index (κ1) is 11.0. The fourth-order valence-corrected chi connectivity index (χ4v) is 1.83. The average molecular weight is 224 g/mol. The molecule has 16 heavy (non-hydrogen) atoms. The van der Waals surface area contributed by atoms with Crippen LogP contribution in [0.1, 0.15) is 18.4 Å². The minimum Gasteiger partial charge on any atom is -0.166 e. The number of alkyl halides is 3. The Labute approximate surface area is 92.1 Å². The molecule has 0 saturated heterocycles. The van der Waals surface area contributed by atoms with Crippen molar-refractivity contribution < 1.29 is 13.2 Å². The molecular weight excluding hydrogens is 213 g/mol. The van der Waals surface area contributed by atoms with Crippen molar-refractivity contribution in [3.8, 4) is 0 Å². The molecule has 84 valence electrons. The van der Waals surface area contributed by atoms with Gasteiger partial charge in [0.25, 0.3) is 0 Å². The quantitative estimate of drug-likeness (QED) is 0.665. The molecule has 0 amide bonds. The topological polar surface area (TPSA) is 0 Å². The summed E-state index contributed by atoms with van der Waals surface area (Å²) in [7, 11) is 0. The minimum atomic E-state index is -4.26. The Bertz CT molecular complexity index is 424. The largest absolute Gasteiger partial charge is 0.416 e. The zero-order valence-electron chi connectivity index (χ0n) is 8.59. The Morgan fingerprint density at radius 1 is 0.875 bits per heavy atom. The van der Waals surface area contributed by atoms with E-state index in [0.29, 0.717) is 24.0 Å². The van der Waals surface area contributed by atoms with Crippen LogP contribution in [0.4, 0.5) is 13.2 Å². The summed E-state index contributed by atoms with van der Waals surface area (Å²) in [6.07, 6.45) is -0.183. The molecule has 0 aromatic heterocycles. The van der Waals surface area contributed by atoms with Gasteiger partial charge in [-0.2, -0.15) is 13.2 Å². The Kier molecular flexibility index (Phi) is 2.86. The molecule has 0 spiro atoms. The van der Waals surface area contributed by atoms with Gasteiger partial charge in [-0.25, -0.2) is 0 Å². The van der Waals surface area contributed by atoms with Gasteiger partial charge in [-0.3, -0.25) is 0 Å². The van der Waals surface area contributed by atoms with Crippen LogP contribution in [-0.2, 0) is 0 Å². The third-order valence-electron chi connectivity index (χ3n) is 2.54. The lowest BCUT2D eigenvalue weighted by Gasteiger charge is -2.19. The summed E-state index contributed by atoms with van der Waals surface area (Å²) < 4.78 is 38.3. The van der Waals surface area contributed by atoms with E-state index in [1.165, 1.54) is 6.08 Å². The van der Waals surface area contributed by atoms with E-state index in [0.717, 1.165) is 0 Å². The fraction of sp³-hybridized carbons (Fsp3) is 0.231. The molecule has 0 atom stereocenters. The maximum Gasteiger partial charge on any atom is 0.416 e. The van der Waals surface area contributed by atoms with E-state index in [1.807, 2.05) is 0 Å². The lowest BCUT2D eigenvalue weighted by molar-refractivity contribution is -0.0874. The van der Waals surface area contributed by atoms with Gasteiger partial charge < -0.3 is 0 Å². The van der Waals surface area contributed by atoms with Crippen LogP contribution >= 0.6 is 0 Å². The molecule has 0 bridgehead atoms. The molecule has 0 aliphatic heterocycles. The van der Waals surface area contributed by atoms with Gasteiger partial charge >= 0.3 is 6.18 Å². The van der Waals surface area contributed by atoms with Crippen molar-refractivity contribution in [2.45, 2.75) is 19.0 Å². The lowest BCUT2D eigenvalue weighted by Crippen LogP contribution is -2.15. The Morgan fingerprint density at radius 3 is 2.12 bits per heavy atom. The maximum absolute atomic E-state index is 12.8. The second-order valence-electron chi connectivity index (χ2n) is 3.68. The molecule has 2 rings (SSSR count). The van der Waals surface area contributed by atoms with Crippen LogP contribution in [0, 0.1) is 0 Å². The summed E-state index contributed by atoms with van der Waals surface area (Å²) in [4.78, 5) is 0. The number of halogens is 3. The van der Waals surface area contributed by atoms with Crippen molar-refractivity contribution in [1.29, 1.82) is 0 Å². The molecule has 1 aliphatic carbocycles. The van der Waals surface area contributed by atoms with Crippen LogP contribution in [-0.4, -0.2) is 6.18 Å². The molecule has 1 aromatic carbocycles. The number of rotatable bonds is 1. The van der Waals surface area contributed by atoms with Gasteiger partial charge in [-0.05, 0) is 24.0 Å². The van der Waals surface area contributed by atoms with E-state index in [-0.39, 0.29) is 0 Å². The number of allylic oxidation sites excluding steroid dienone is 4. The summed E-state index contributed by atoms with van der Waals surface area (Å²) >= 11 is 0. The highest BCUT2D eigenvalue weighted by atomic mass is 19.4. The summed E-state index contributed by atoms with van der Waals surface area (Å²) in [6, 6.07) is 8.70. The maximum atomic E-state index is 12.8. The van der Waals surface area contributed by atoms with E-state index in [1.54, 1.807) is 36.4 Å². The van der Waals surface area contributed by atoms with Gasteiger partial charge in [0.2, 0.25) is 0 Å². The van der Waals surface area contributed by atoms with Crippen LogP contribution in [0.3, 0.4) is 0 Å². The van der Waals surface area contributed by atoms with Crippen molar-refractivity contribution in [2.24, 2.45) is 0 Å². The fourth-order valence-electron chi connectivity index (χ4n) is 1.83.